The number of hydrogen-bond acceptors (Lipinski definition) is 5. The van der Waals surface area contributed by atoms with Gasteiger partial charge in [0.2, 0.25) is 0 Å². The van der Waals surface area contributed by atoms with Crippen LogP contribution in [0.3, 0.4) is 0 Å². The van der Waals surface area contributed by atoms with E-state index in [1.807, 2.05) is 19.0 Å². The molecular weight excluding hydrogens is 296 g/mol. The Morgan fingerprint density at radius 2 is 1.87 bits per heavy atom. The van der Waals surface area contributed by atoms with E-state index in [1.54, 1.807) is 35.4 Å². The molecule has 0 aliphatic carbocycles. The number of nitrogens with zero attached hydrogens (tertiary/aromatic N) is 4. The Kier molecular flexibility index (Phi) is 5.37. The van der Waals surface area contributed by atoms with E-state index in [2.05, 4.69) is 4.98 Å². The molecule has 2 rings (SSSR count). The lowest BCUT2D eigenvalue weighted by Gasteiger charge is -2.24. The van der Waals surface area contributed by atoms with Gasteiger partial charge in [0, 0.05) is 43.3 Å². The first-order valence-electron chi connectivity index (χ1n) is 7.10. The third kappa shape index (κ3) is 4.33. The fraction of sp³-hybridized carbons (Fsp3) is 0.250. The van der Waals surface area contributed by atoms with Gasteiger partial charge in [-0.05, 0) is 38.4 Å². The van der Waals surface area contributed by atoms with Crippen LogP contribution in [-0.2, 0) is 0 Å². The van der Waals surface area contributed by atoms with E-state index in [9.17, 15) is 14.9 Å². The zero-order valence-corrected chi connectivity index (χ0v) is 13.0. The number of nitro groups is 1. The summed E-state index contributed by atoms with van der Waals surface area (Å²) in [4.78, 5) is 30.5. The van der Waals surface area contributed by atoms with Crippen molar-refractivity contribution in [2.24, 2.45) is 0 Å². The van der Waals surface area contributed by atoms with Gasteiger partial charge >= 0.3 is 0 Å². The van der Waals surface area contributed by atoms with Crippen molar-refractivity contribution < 1.29 is 9.72 Å². The molecule has 120 valence electrons. The van der Waals surface area contributed by atoms with Crippen molar-refractivity contribution in [2.45, 2.75) is 0 Å². The maximum atomic E-state index is 12.7. The van der Waals surface area contributed by atoms with E-state index >= 15 is 0 Å². The normalized spacial score (nSPS) is 10.6. The van der Waals surface area contributed by atoms with Crippen LogP contribution in [0.25, 0.3) is 0 Å². The summed E-state index contributed by atoms with van der Waals surface area (Å²) in [6, 6.07) is 9.36. The van der Waals surface area contributed by atoms with Gasteiger partial charge in [-0.2, -0.15) is 0 Å². The van der Waals surface area contributed by atoms with E-state index in [1.165, 1.54) is 18.3 Å². The fourth-order valence-corrected chi connectivity index (χ4v) is 2.05. The quantitative estimate of drug-likeness (QED) is 0.603. The highest BCUT2D eigenvalue weighted by Crippen LogP contribution is 2.21. The molecule has 0 atom stereocenters. The maximum Gasteiger partial charge on any atom is 0.269 e. The Balaban J connectivity index is 2.29. The van der Waals surface area contributed by atoms with Crippen LogP contribution in [0.5, 0.6) is 0 Å². The Hall–Kier alpha value is -2.80. The molecule has 1 amide bonds. The van der Waals surface area contributed by atoms with Gasteiger partial charge in [0.25, 0.3) is 11.6 Å². The topological polar surface area (TPSA) is 79.6 Å². The van der Waals surface area contributed by atoms with Crippen molar-refractivity contribution in [3.63, 3.8) is 0 Å². The summed E-state index contributed by atoms with van der Waals surface area (Å²) in [5.74, 6) is -0.186. The molecule has 0 unspecified atom stereocenters. The van der Waals surface area contributed by atoms with Gasteiger partial charge in [0.1, 0.15) is 0 Å². The molecule has 1 heterocycles. The van der Waals surface area contributed by atoms with Crippen molar-refractivity contribution in [1.82, 2.24) is 9.88 Å². The Morgan fingerprint density at radius 3 is 2.39 bits per heavy atom. The molecule has 7 heteroatoms. The van der Waals surface area contributed by atoms with Crippen molar-refractivity contribution in [2.75, 3.05) is 32.1 Å². The average molecular weight is 314 g/mol. The molecule has 0 N–H and O–H groups in total. The van der Waals surface area contributed by atoms with E-state index < -0.39 is 4.92 Å². The van der Waals surface area contributed by atoms with Gasteiger partial charge in [-0.25, -0.2) is 0 Å². The standard InChI is InChI=1S/C16H18N4O3/c1-18(2)10-11-19(16(21)13-4-3-9-17-12-13)14-5-7-15(8-6-14)20(22)23/h3-9,12H,10-11H2,1-2H3. The number of pyridine rings is 1. The number of anilines is 1. The second-order valence-corrected chi connectivity index (χ2v) is 5.28. The van der Waals surface area contributed by atoms with Gasteiger partial charge in [-0.3, -0.25) is 19.9 Å². The third-order valence-electron chi connectivity index (χ3n) is 3.30. The number of benzene rings is 1. The monoisotopic (exact) mass is 314 g/mol. The first-order valence-corrected chi connectivity index (χ1v) is 7.10. The van der Waals surface area contributed by atoms with Crippen molar-refractivity contribution in [1.29, 1.82) is 0 Å². The molecule has 2 aromatic rings. The number of amides is 1. The van der Waals surface area contributed by atoms with Crippen LogP contribution in [0.4, 0.5) is 11.4 Å². The second-order valence-electron chi connectivity index (χ2n) is 5.28. The van der Waals surface area contributed by atoms with Crippen molar-refractivity contribution >= 4 is 17.3 Å². The predicted molar refractivity (Wildman–Crippen MR) is 87.6 cm³/mol. The first kappa shape index (κ1) is 16.6. The van der Waals surface area contributed by atoms with Gasteiger partial charge in [0.15, 0.2) is 0 Å². The minimum absolute atomic E-state index is 0.00450. The van der Waals surface area contributed by atoms with Crippen molar-refractivity contribution in [3.05, 3.63) is 64.5 Å². The number of likely N-dealkylation sites (N-methyl/N-ethyl adjacent to an activating group) is 1. The molecule has 0 bridgehead atoms. The van der Waals surface area contributed by atoms with E-state index in [0.29, 0.717) is 24.3 Å². The number of nitro benzene ring substituents is 1. The summed E-state index contributed by atoms with van der Waals surface area (Å²) >= 11 is 0. The number of carbonyl (C=O) groups is 1. The minimum atomic E-state index is -0.461. The van der Waals surface area contributed by atoms with Crippen LogP contribution in [0.2, 0.25) is 0 Å². The third-order valence-corrected chi connectivity index (χ3v) is 3.30. The van der Waals surface area contributed by atoms with Crippen LogP contribution < -0.4 is 4.90 Å². The summed E-state index contributed by atoms with van der Waals surface area (Å²) in [5, 5.41) is 10.8. The van der Waals surface area contributed by atoms with Crippen molar-refractivity contribution in [3.8, 4) is 0 Å². The van der Waals surface area contributed by atoms with E-state index in [0.717, 1.165) is 0 Å². The zero-order valence-electron chi connectivity index (χ0n) is 13.0. The minimum Gasteiger partial charge on any atom is -0.308 e. The average Bonchev–Trinajstić information content (AvgIpc) is 2.56. The molecule has 1 aromatic carbocycles. The molecular formula is C16H18N4O3. The Bertz CT molecular complexity index is 671. The van der Waals surface area contributed by atoms with Gasteiger partial charge < -0.3 is 9.80 Å². The smallest absolute Gasteiger partial charge is 0.269 e. The molecule has 1 aromatic heterocycles. The van der Waals surface area contributed by atoms with E-state index in [4.69, 9.17) is 0 Å². The number of non-ortho nitro benzene ring substituents is 1. The molecule has 7 nitrogen and oxygen atoms in total. The van der Waals surface area contributed by atoms with Crippen LogP contribution in [0.15, 0.2) is 48.8 Å². The first-order chi connectivity index (χ1) is 11.0. The Morgan fingerprint density at radius 1 is 1.17 bits per heavy atom. The van der Waals surface area contributed by atoms with Gasteiger partial charge in [0.05, 0.1) is 10.5 Å². The van der Waals surface area contributed by atoms with E-state index in [-0.39, 0.29) is 11.6 Å². The van der Waals surface area contributed by atoms with Crippen LogP contribution in [0.1, 0.15) is 10.4 Å². The van der Waals surface area contributed by atoms with Gasteiger partial charge in [-0.1, -0.05) is 0 Å². The highest BCUT2D eigenvalue weighted by Gasteiger charge is 2.18. The molecule has 0 aliphatic heterocycles. The lowest BCUT2D eigenvalue weighted by atomic mass is 10.2. The Labute approximate surface area is 134 Å². The summed E-state index contributed by atoms with van der Waals surface area (Å²) < 4.78 is 0. The van der Waals surface area contributed by atoms with Crippen LogP contribution >= 0.6 is 0 Å². The molecule has 0 saturated carbocycles. The molecule has 0 fully saturated rings. The molecule has 0 aliphatic rings. The fourth-order valence-electron chi connectivity index (χ4n) is 2.05. The summed E-state index contributed by atoms with van der Waals surface area (Å²) in [6.45, 7) is 1.14. The van der Waals surface area contributed by atoms with Crippen LogP contribution in [0, 0.1) is 10.1 Å². The highest BCUT2D eigenvalue weighted by atomic mass is 16.6. The van der Waals surface area contributed by atoms with Crippen LogP contribution in [-0.4, -0.2) is 47.9 Å². The highest BCUT2D eigenvalue weighted by molar-refractivity contribution is 6.05. The summed E-state index contributed by atoms with van der Waals surface area (Å²) in [6.07, 6.45) is 3.11. The lowest BCUT2D eigenvalue weighted by molar-refractivity contribution is -0.384. The molecule has 0 radical (unpaired) electrons. The molecule has 23 heavy (non-hydrogen) atoms. The number of hydrogen-bond donors (Lipinski definition) is 0. The SMILES string of the molecule is CN(C)CCN(C(=O)c1cccnc1)c1ccc([N+](=O)[O-])cc1. The van der Waals surface area contributed by atoms with Gasteiger partial charge in [-0.15, -0.1) is 0 Å². The lowest BCUT2D eigenvalue weighted by Crippen LogP contribution is -2.36. The largest absolute Gasteiger partial charge is 0.308 e. The summed E-state index contributed by atoms with van der Waals surface area (Å²) in [5.41, 5.74) is 1.09. The zero-order chi connectivity index (χ0) is 16.8. The maximum absolute atomic E-state index is 12.7. The molecule has 0 saturated heterocycles. The summed E-state index contributed by atoms with van der Waals surface area (Å²) in [7, 11) is 3.84. The molecule has 0 spiro atoms. The second kappa shape index (κ2) is 7.46. The number of aromatic nitrogens is 1. The predicted octanol–water partition coefficient (Wildman–Crippen LogP) is 2.20. The number of rotatable bonds is 6. The number of carbonyl (C=O) groups excluding carboxylic acids is 1.